The van der Waals surface area contributed by atoms with Crippen molar-refractivity contribution < 1.29 is 31.9 Å². The summed E-state index contributed by atoms with van der Waals surface area (Å²) >= 11 is 0.000603. The van der Waals surface area contributed by atoms with Crippen molar-refractivity contribution in [1.82, 2.24) is 0 Å². The molecule has 0 spiro atoms. The number of hydrogen-bond donors (Lipinski definition) is 0. The molecular formula is C13H10F4O3S. The zero-order valence-corrected chi connectivity index (χ0v) is 11.6. The van der Waals surface area contributed by atoms with E-state index in [1.54, 1.807) is 18.2 Å². The highest BCUT2D eigenvalue weighted by molar-refractivity contribution is 8.03. The Bertz CT molecular complexity index is 552. The Labute approximate surface area is 122 Å². The summed E-state index contributed by atoms with van der Waals surface area (Å²) in [4.78, 5) is 22.6. The fourth-order valence-corrected chi connectivity index (χ4v) is 2.09. The number of esters is 1. The first-order valence-electron chi connectivity index (χ1n) is 5.53. The summed E-state index contributed by atoms with van der Waals surface area (Å²) in [5.41, 5.74) is -1.81. The van der Waals surface area contributed by atoms with E-state index in [2.05, 4.69) is 4.74 Å². The summed E-state index contributed by atoms with van der Waals surface area (Å²) in [5, 5.41) is -1.79. The third-order valence-electron chi connectivity index (χ3n) is 2.30. The molecule has 0 aromatic heterocycles. The summed E-state index contributed by atoms with van der Waals surface area (Å²) in [6.07, 6.45) is -5.19. The van der Waals surface area contributed by atoms with Crippen molar-refractivity contribution in [1.29, 1.82) is 0 Å². The van der Waals surface area contributed by atoms with E-state index in [-0.39, 0.29) is 17.3 Å². The van der Waals surface area contributed by atoms with Gasteiger partial charge < -0.3 is 4.74 Å². The van der Waals surface area contributed by atoms with Crippen LogP contribution < -0.4 is 0 Å². The van der Waals surface area contributed by atoms with Crippen LogP contribution in [-0.4, -0.2) is 30.8 Å². The minimum Gasteiger partial charge on any atom is -0.465 e. The minimum absolute atomic E-state index is 0.000603. The molecule has 1 rings (SSSR count). The molecule has 114 valence electrons. The van der Waals surface area contributed by atoms with Crippen molar-refractivity contribution in [3.8, 4) is 0 Å². The number of thioether (sulfide) groups is 1. The Morgan fingerprint density at radius 1 is 1.19 bits per heavy atom. The first-order valence-corrected chi connectivity index (χ1v) is 6.52. The van der Waals surface area contributed by atoms with Gasteiger partial charge in [0.05, 0.1) is 12.9 Å². The number of hydrogen-bond acceptors (Lipinski definition) is 4. The molecule has 0 N–H and O–H groups in total. The number of Topliss-reactive ketones (excluding diaryl/α,β-unsaturated/α-hetero) is 1. The average molecular weight is 322 g/mol. The van der Waals surface area contributed by atoms with Crippen molar-refractivity contribution in [2.24, 2.45) is 0 Å². The number of alkyl halides is 3. The first kappa shape index (κ1) is 17.2. The number of carbonyl (C=O) groups excluding carboxylic acids is 2. The molecule has 0 aliphatic carbocycles. The molecular weight excluding hydrogens is 312 g/mol. The Hall–Kier alpha value is -1.83. The fraction of sp³-hybridized carbons (Fsp3) is 0.231. The normalized spacial score (nSPS) is 12.6. The number of ketones is 1. The SMILES string of the molecule is COC(=O)C(=C(F)SCC(=O)c1ccccc1)C(F)(F)F. The minimum atomic E-state index is -5.19. The summed E-state index contributed by atoms with van der Waals surface area (Å²) < 4.78 is 55.1. The lowest BCUT2D eigenvalue weighted by Crippen LogP contribution is -2.22. The zero-order valence-electron chi connectivity index (χ0n) is 10.7. The van der Waals surface area contributed by atoms with Gasteiger partial charge in [0, 0.05) is 5.56 Å². The van der Waals surface area contributed by atoms with Gasteiger partial charge in [-0.2, -0.15) is 17.6 Å². The van der Waals surface area contributed by atoms with E-state index in [9.17, 15) is 27.2 Å². The maximum Gasteiger partial charge on any atom is 0.426 e. The first-order chi connectivity index (χ1) is 9.77. The van der Waals surface area contributed by atoms with Gasteiger partial charge in [0.1, 0.15) is 0 Å². The van der Waals surface area contributed by atoms with Crippen molar-refractivity contribution in [2.45, 2.75) is 6.18 Å². The van der Waals surface area contributed by atoms with Crippen LogP contribution in [0, 0.1) is 0 Å². The third-order valence-corrected chi connectivity index (χ3v) is 3.16. The molecule has 0 aliphatic heterocycles. The lowest BCUT2D eigenvalue weighted by atomic mass is 10.2. The molecule has 0 radical (unpaired) electrons. The Kier molecular flexibility index (Phi) is 5.95. The standard InChI is InChI=1S/C13H10F4O3S/c1-20-12(19)10(13(15,16)17)11(14)21-7-9(18)8-5-3-2-4-6-8/h2-6H,7H2,1H3. The van der Waals surface area contributed by atoms with E-state index >= 15 is 0 Å². The number of halogens is 4. The lowest BCUT2D eigenvalue weighted by molar-refractivity contribution is -0.148. The smallest absolute Gasteiger partial charge is 0.426 e. The Balaban J connectivity index is 2.87. The molecule has 0 atom stereocenters. The van der Waals surface area contributed by atoms with Crippen LogP contribution in [0.1, 0.15) is 10.4 Å². The molecule has 3 nitrogen and oxygen atoms in total. The molecule has 0 amide bonds. The monoisotopic (exact) mass is 322 g/mol. The quantitative estimate of drug-likeness (QED) is 0.360. The van der Waals surface area contributed by atoms with Crippen molar-refractivity contribution in [3.05, 3.63) is 46.6 Å². The van der Waals surface area contributed by atoms with Gasteiger partial charge in [-0.25, -0.2) is 4.79 Å². The van der Waals surface area contributed by atoms with E-state index in [4.69, 9.17) is 0 Å². The van der Waals surface area contributed by atoms with E-state index in [0.717, 1.165) is 0 Å². The number of carbonyl (C=O) groups is 2. The van der Waals surface area contributed by atoms with Crippen LogP contribution >= 0.6 is 11.8 Å². The largest absolute Gasteiger partial charge is 0.465 e. The Morgan fingerprint density at radius 3 is 2.24 bits per heavy atom. The van der Waals surface area contributed by atoms with Crippen molar-refractivity contribution >= 4 is 23.5 Å². The van der Waals surface area contributed by atoms with Gasteiger partial charge in [-0.05, 0) is 0 Å². The van der Waals surface area contributed by atoms with Crippen LogP contribution in [-0.2, 0) is 9.53 Å². The van der Waals surface area contributed by atoms with E-state index in [1.165, 1.54) is 12.1 Å². The number of benzene rings is 1. The highest BCUT2D eigenvalue weighted by atomic mass is 32.2. The second-order valence-corrected chi connectivity index (χ2v) is 4.65. The van der Waals surface area contributed by atoms with Gasteiger partial charge in [0.15, 0.2) is 16.5 Å². The van der Waals surface area contributed by atoms with Crippen molar-refractivity contribution in [3.63, 3.8) is 0 Å². The Morgan fingerprint density at radius 2 is 1.76 bits per heavy atom. The van der Waals surface area contributed by atoms with Crippen molar-refractivity contribution in [2.75, 3.05) is 12.9 Å². The molecule has 0 bridgehead atoms. The summed E-state index contributed by atoms with van der Waals surface area (Å²) in [6.45, 7) is 0. The molecule has 0 heterocycles. The van der Waals surface area contributed by atoms with Crippen LogP contribution in [0.2, 0.25) is 0 Å². The summed E-state index contributed by atoms with van der Waals surface area (Å²) in [6, 6.07) is 7.70. The predicted octanol–water partition coefficient (Wildman–Crippen LogP) is 3.52. The van der Waals surface area contributed by atoms with E-state index in [1.807, 2.05) is 0 Å². The second-order valence-electron chi connectivity index (χ2n) is 3.72. The molecule has 1 aromatic rings. The third kappa shape index (κ3) is 4.89. The van der Waals surface area contributed by atoms with Gasteiger partial charge in [-0.1, -0.05) is 42.1 Å². The van der Waals surface area contributed by atoms with Gasteiger partial charge in [-0.15, -0.1) is 0 Å². The highest BCUT2D eigenvalue weighted by Gasteiger charge is 2.43. The number of methoxy groups -OCH3 is 1. The molecule has 0 saturated heterocycles. The highest BCUT2D eigenvalue weighted by Crippen LogP contribution is 2.34. The molecule has 0 saturated carbocycles. The molecule has 0 unspecified atom stereocenters. The van der Waals surface area contributed by atoms with Gasteiger partial charge in [0.2, 0.25) is 0 Å². The van der Waals surface area contributed by atoms with E-state index < -0.39 is 34.4 Å². The molecule has 0 fully saturated rings. The maximum atomic E-state index is 13.5. The van der Waals surface area contributed by atoms with Crippen LogP contribution in [0.4, 0.5) is 17.6 Å². The fourth-order valence-electron chi connectivity index (χ4n) is 1.32. The van der Waals surface area contributed by atoms with Gasteiger partial charge in [-0.3, -0.25) is 4.79 Å². The number of ether oxygens (including phenoxy) is 1. The topological polar surface area (TPSA) is 43.4 Å². The average Bonchev–Trinajstić information content (AvgIpc) is 2.44. The van der Waals surface area contributed by atoms with Gasteiger partial charge in [0.25, 0.3) is 0 Å². The second kappa shape index (κ2) is 7.26. The molecule has 21 heavy (non-hydrogen) atoms. The zero-order chi connectivity index (χ0) is 16.0. The number of rotatable bonds is 5. The van der Waals surface area contributed by atoms with E-state index in [0.29, 0.717) is 7.11 Å². The van der Waals surface area contributed by atoms with Crippen LogP contribution in [0.5, 0.6) is 0 Å². The molecule has 1 aromatic carbocycles. The molecule has 0 aliphatic rings. The van der Waals surface area contributed by atoms with Crippen LogP contribution in [0.15, 0.2) is 41.1 Å². The van der Waals surface area contributed by atoms with Gasteiger partial charge >= 0.3 is 12.1 Å². The lowest BCUT2D eigenvalue weighted by Gasteiger charge is -2.10. The summed E-state index contributed by atoms with van der Waals surface area (Å²) in [7, 11) is 0.709. The summed E-state index contributed by atoms with van der Waals surface area (Å²) in [5.74, 6) is -2.95. The molecule has 8 heteroatoms. The van der Waals surface area contributed by atoms with Crippen LogP contribution in [0.25, 0.3) is 0 Å². The maximum absolute atomic E-state index is 13.5. The van der Waals surface area contributed by atoms with Crippen LogP contribution in [0.3, 0.4) is 0 Å². The predicted molar refractivity (Wildman–Crippen MR) is 69.4 cm³/mol.